The molecule has 4 N–H and O–H groups in total. The zero-order valence-corrected chi connectivity index (χ0v) is 12.1. The van der Waals surface area contributed by atoms with Crippen LogP contribution in [0.5, 0.6) is 11.5 Å². The molecule has 1 amide bonds. The Morgan fingerprint density at radius 1 is 1.32 bits per heavy atom. The number of phenols is 1. The highest BCUT2D eigenvalue weighted by Crippen LogP contribution is 2.32. The number of amides is 1. The lowest BCUT2D eigenvalue weighted by Crippen LogP contribution is -2.53. The van der Waals surface area contributed by atoms with Crippen molar-refractivity contribution in [1.82, 2.24) is 0 Å². The average Bonchev–Trinajstić information content (AvgIpc) is 2.27. The fraction of sp³-hybridized carbons (Fsp3) is 0.500. The van der Waals surface area contributed by atoms with Crippen molar-refractivity contribution in [3.63, 3.8) is 0 Å². The van der Waals surface area contributed by atoms with Crippen molar-refractivity contribution in [2.24, 2.45) is 11.1 Å². The summed E-state index contributed by atoms with van der Waals surface area (Å²) in [7, 11) is 1.47. The zero-order chi connectivity index (χ0) is 14.8. The molecule has 0 bridgehead atoms. The minimum Gasteiger partial charge on any atom is -0.504 e. The summed E-state index contributed by atoms with van der Waals surface area (Å²) in [5.41, 5.74) is 5.11. The van der Waals surface area contributed by atoms with Crippen LogP contribution in [0, 0.1) is 5.41 Å². The summed E-state index contributed by atoms with van der Waals surface area (Å²) >= 11 is 0. The van der Waals surface area contributed by atoms with Gasteiger partial charge in [0.2, 0.25) is 5.91 Å². The van der Waals surface area contributed by atoms with Crippen molar-refractivity contribution in [2.75, 3.05) is 12.4 Å². The fourth-order valence-electron chi connectivity index (χ4n) is 1.35. The standard InChI is InChI=1S/C14H22N2O3/c1-13(2,14(3,4)15)12(18)16-9-6-7-11(19-5)10(17)8-9/h6-8,17H,15H2,1-5H3,(H,16,18). The number of nitrogens with one attached hydrogen (secondary N) is 1. The lowest BCUT2D eigenvalue weighted by molar-refractivity contribution is -0.126. The molecule has 0 atom stereocenters. The van der Waals surface area contributed by atoms with Gasteiger partial charge in [-0.2, -0.15) is 0 Å². The van der Waals surface area contributed by atoms with Gasteiger partial charge in [-0.15, -0.1) is 0 Å². The Kier molecular flexibility index (Phi) is 4.10. The van der Waals surface area contributed by atoms with Gasteiger partial charge in [0, 0.05) is 17.3 Å². The fourth-order valence-corrected chi connectivity index (χ4v) is 1.35. The molecule has 106 valence electrons. The molecule has 1 aromatic carbocycles. The molecule has 0 saturated heterocycles. The van der Waals surface area contributed by atoms with Crippen molar-refractivity contribution in [3.8, 4) is 11.5 Å². The number of hydrogen-bond donors (Lipinski definition) is 3. The summed E-state index contributed by atoms with van der Waals surface area (Å²) in [6.45, 7) is 7.17. The molecule has 1 aromatic rings. The summed E-state index contributed by atoms with van der Waals surface area (Å²) in [4.78, 5) is 12.2. The van der Waals surface area contributed by atoms with Crippen LogP contribution >= 0.6 is 0 Å². The number of methoxy groups -OCH3 is 1. The Bertz CT molecular complexity index is 476. The predicted molar refractivity (Wildman–Crippen MR) is 75.3 cm³/mol. The van der Waals surface area contributed by atoms with Crippen LogP contribution in [-0.4, -0.2) is 23.7 Å². The van der Waals surface area contributed by atoms with Crippen molar-refractivity contribution >= 4 is 11.6 Å². The number of hydrogen-bond acceptors (Lipinski definition) is 4. The Morgan fingerprint density at radius 3 is 2.32 bits per heavy atom. The maximum absolute atomic E-state index is 12.2. The van der Waals surface area contributed by atoms with E-state index in [9.17, 15) is 9.90 Å². The molecule has 0 aliphatic heterocycles. The first-order chi connectivity index (χ1) is 8.59. The smallest absolute Gasteiger partial charge is 0.231 e. The average molecular weight is 266 g/mol. The molecule has 0 saturated carbocycles. The quantitative estimate of drug-likeness (QED) is 0.779. The second-order valence-corrected chi connectivity index (χ2v) is 5.69. The molecule has 0 radical (unpaired) electrons. The third-order valence-electron chi connectivity index (χ3n) is 3.62. The summed E-state index contributed by atoms with van der Waals surface area (Å²) in [5, 5.41) is 12.4. The molecule has 0 heterocycles. The van der Waals surface area contributed by atoms with Crippen molar-refractivity contribution in [1.29, 1.82) is 0 Å². The van der Waals surface area contributed by atoms with E-state index < -0.39 is 11.0 Å². The Balaban J connectivity index is 2.92. The predicted octanol–water partition coefficient (Wildman–Crippen LogP) is 2.10. The van der Waals surface area contributed by atoms with Gasteiger partial charge in [-0.1, -0.05) is 0 Å². The zero-order valence-electron chi connectivity index (χ0n) is 12.1. The number of aromatic hydroxyl groups is 1. The molecule has 0 aliphatic rings. The van der Waals surface area contributed by atoms with Gasteiger partial charge in [-0.25, -0.2) is 0 Å². The molecule has 5 nitrogen and oxygen atoms in total. The van der Waals surface area contributed by atoms with E-state index in [1.807, 2.05) is 0 Å². The third kappa shape index (κ3) is 3.17. The number of rotatable bonds is 4. The number of benzene rings is 1. The van der Waals surface area contributed by atoms with E-state index in [-0.39, 0.29) is 11.7 Å². The molecule has 0 spiro atoms. The molecule has 1 rings (SSSR count). The first-order valence-corrected chi connectivity index (χ1v) is 6.07. The van der Waals surface area contributed by atoms with Gasteiger partial charge < -0.3 is 20.9 Å². The topological polar surface area (TPSA) is 84.6 Å². The van der Waals surface area contributed by atoms with Crippen LogP contribution < -0.4 is 15.8 Å². The maximum atomic E-state index is 12.2. The largest absolute Gasteiger partial charge is 0.504 e. The van der Waals surface area contributed by atoms with E-state index >= 15 is 0 Å². The first kappa shape index (κ1) is 15.3. The number of phenolic OH excluding ortho intramolecular Hbond substituents is 1. The maximum Gasteiger partial charge on any atom is 0.231 e. The van der Waals surface area contributed by atoms with Crippen LogP contribution in [0.2, 0.25) is 0 Å². The van der Waals surface area contributed by atoms with Gasteiger partial charge in [0.1, 0.15) is 0 Å². The number of nitrogens with two attached hydrogens (primary N) is 1. The number of anilines is 1. The van der Waals surface area contributed by atoms with Crippen LogP contribution in [-0.2, 0) is 4.79 Å². The molecule has 19 heavy (non-hydrogen) atoms. The third-order valence-corrected chi connectivity index (χ3v) is 3.62. The van der Waals surface area contributed by atoms with Crippen LogP contribution in [0.4, 0.5) is 5.69 Å². The highest BCUT2D eigenvalue weighted by atomic mass is 16.5. The molecular weight excluding hydrogens is 244 g/mol. The monoisotopic (exact) mass is 266 g/mol. The molecule has 0 aliphatic carbocycles. The molecule has 0 unspecified atom stereocenters. The van der Waals surface area contributed by atoms with E-state index in [2.05, 4.69) is 5.32 Å². The van der Waals surface area contributed by atoms with Crippen LogP contribution in [0.1, 0.15) is 27.7 Å². The molecule has 0 aromatic heterocycles. The van der Waals surface area contributed by atoms with Crippen LogP contribution in [0.15, 0.2) is 18.2 Å². The van der Waals surface area contributed by atoms with Crippen molar-refractivity contribution < 1.29 is 14.6 Å². The van der Waals surface area contributed by atoms with E-state index in [0.29, 0.717) is 11.4 Å². The highest BCUT2D eigenvalue weighted by molar-refractivity contribution is 5.96. The number of carbonyl (C=O) groups is 1. The molecule has 5 heteroatoms. The summed E-state index contributed by atoms with van der Waals surface area (Å²) in [6.07, 6.45) is 0. The lowest BCUT2D eigenvalue weighted by Gasteiger charge is -2.36. The molecule has 0 fully saturated rings. The van der Waals surface area contributed by atoms with Crippen LogP contribution in [0.3, 0.4) is 0 Å². The number of carbonyl (C=O) groups excluding carboxylic acids is 1. The summed E-state index contributed by atoms with van der Waals surface area (Å²) < 4.78 is 4.94. The van der Waals surface area contributed by atoms with Crippen molar-refractivity contribution in [2.45, 2.75) is 33.2 Å². The first-order valence-electron chi connectivity index (χ1n) is 6.07. The lowest BCUT2D eigenvalue weighted by atomic mass is 9.74. The van der Waals surface area contributed by atoms with E-state index in [0.717, 1.165) is 0 Å². The SMILES string of the molecule is COc1ccc(NC(=O)C(C)(C)C(C)(C)N)cc1O. The second kappa shape index (κ2) is 5.09. The van der Waals surface area contributed by atoms with Crippen molar-refractivity contribution in [3.05, 3.63) is 18.2 Å². The van der Waals surface area contributed by atoms with Gasteiger partial charge in [-0.05, 0) is 39.8 Å². The van der Waals surface area contributed by atoms with Crippen LogP contribution in [0.25, 0.3) is 0 Å². The van der Waals surface area contributed by atoms with E-state index in [1.54, 1.807) is 39.8 Å². The number of ether oxygens (including phenoxy) is 1. The van der Waals surface area contributed by atoms with Gasteiger partial charge in [0.15, 0.2) is 11.5 Å². The van der Waals surface area contributed by atoms with Gasteiger partial charge in [-0.3, -0.25) is 4.79 Å². The summed E-state index contributed by atoms with van der Waals surface area (Å²) in [6, 6.07) is 4.69. The van der Waals surface area contributed by atoms with Gasteiger partial charge in [0.05, 0.1) is 12.5 Å². The Morgan fingerprint density at radius 2 is 1.89 bits per heavy atom. The summed E-state index contributed by atoms with van der Waals surface area (Å²) in [5.74, 6) is 0.131. The highest BCUT2D eigenvalue weighted by Gasteiger charge is 2.40. The van der Waals surface area contributed by atoms with Gasteiger partial charge in [0.25, 0.3) is 0 Å². The van der Waals surface area contributed by atoms with E-state index in [4.69, 9.17) is 10.5 Å². The van der Waals surface area contributed by atoms with E-state index in [1.165, 1.54) is 13.2 Å². The Labute approximate surface area is 113 Å². The normalized spacial score (nSPS) is 12.1. The second-order valence-electron chi connectivity index (χ2n) is 5.69. The minimum absolute atomic E-state index is 0.0230. The molecular formula is C14H22N2O3. The minimum atomic E-state index is -0.747. The Hall–Kier alpha value is -1.75. The van der Waals surface area contributed by atoms with Gasteiger partial charge >= 0.3 is 0 Å².